The summed E-state index contributed by atoms with van der Waals surface area (Å²) in [6, 6.07) is 12.0. The van der Waals surface area contributed by atoms with Gasteiger partial charge in [-0.15, -0.1) is 23.2 Å². The number of carbonyl (C=O) groups excluding carboxylic acids is 4. The van der Waals surface area contributed by atoms with Crippen molar-refractivity contribution in [2.24, 2.45) is 17.8 Å². The number of aryl methyl sites for hydroxylation is 2. The van der Waals surface area contributed by atoms with Crippen LogP contribution in [-0.4, -0.2) is 44.3 Å². The van der Waals surface area contributed by atoms with E-state index in [1.54, 1.807) is 11.8 Å². The van der Waals surface area contributed by atoms with Crippen molar-refractivity contribution in [1.82, 2.24) is 0 Å². The van der Waals surface area contributed by atoms with Crippen LogP contribution in [0.15, 0.2) is 52.5 Å². The Bertz CT molecular complexity index is 1580. The van der Waals surface area contributed by atoms with Crippen LogP contribution in [0.3, 0.4) is 0 Å². The van der Waals surface area contributed by atoms with Crippen LogP contribution in [-0.2, 0) is 25.6 Å². The third-order valence-electron chi connectivity index (χ3n) is 8.66. The van der Waals surface area contributed by atoms with Crippen molar-refractivity contribution in [3.05, 3.63) is 63.7 Å². The van der Waals surface area contributed by atoms with Gasteiger partial charge in [-0.1, -0.05) is 71.5 Å². The summed E-state index contributed by atoms with van der Waals surface area (Å²) < 4.78 is 3.60. The van der Waals surface area contributed by atoms with Gasteiger partial charge in [-0.05, 0) is 48.7 Å². The van der Waals surface area contributed by atoms with Crippen LogP contribution in [0.1, 0.15) is 24.5 Å². The van der Waals surface area contributed by atoms with Gasteiger partial charge in [0.05, 0.1) is 33.5 Å². The highest BCUT2D eigenvalue weighted by Gasteiger charge is 2.87. The molecule has 3 fully saturated rings. The second kappa shape index (κ2) is 10.0. The van der Waals surface area contributed by atoms with Crippen molar-refractivity contribution in [3.63, 3.8) is 0 Å². The zero-order chi connectivity index (χ0) is 30.5. The molecule has 7 nitrogen and oxygen atoms in total. The minimum Gasteiger partial charge on any atom is -0.426 e. The van der Waals surface area contributed by atoms with E-state index < -0.39 is 49.6 Å². The smallest absolute Gasteiger partial charge is 0.316 e. The molecule has 0 spiro atoms. The zero-order valence-electron chi connectivity index (χ0n) is 22.1. The lowest BCUT2D eigenvalue weighted by Crippen LogP contribution is -2.50. The fraction of sp³-hybridized carbons (Fsp3) is 0.379. The molecular weight excluding hydrogens is 669 g/mol. The van der Waals surface area contributed by atoms with Crippen LogP contribution in [0.25, 0.3) is 0 Å². The summed E-state index contributed by atoms with van der Waals surface area (Å²) in [4.78, 5) is 52.0. The van der Waals surface area contributed by atoms with E-state index in [1.165, 1.54) is 18.2 Å². The van der Waals surface area contributed by atoms with Gasteiger partial charge in [-0.3, -0.25) is 19.2 Å². The molecule has 2 heterocycles. The van der Waals surface area contributed by atoms with Crippen LogP contribution in [0.5, 0.6) is 5.75 Å². The van der Waals surface area contributed by atoms with Crippen molar-refractivity contribution in [2.75, 3.05) is 16.3 Å². The Labute approximate surface area is 271 Å². The molecule has 3 amide bonds. The number of hydrogen-bond donors (Lipinski definition) is 0. The van der Waals surface area contributed by atoms with Gasteiger partial charge in [0.25, 0.3) is 0 Å². The largest absolute Gasteiger partial charge is 0.426 e. The number of allylic oxidation sites excluding steroid dienone is 2. The summed E-state index contributed by atoms with van der Waals surface area (Å²) >= 11 is 39.4. The van der Waals surface area contributed by atoms with Crippen LogP contribution < -0.4 is 14.5 Å². The molecule has 42 heavy (non-hydrogen) atoms. The molecule has 2 aromatic carbocycles. The molecule has 2 bridgehead atoms. The van der Waals surface area contributed by atoms with E-state index in [0.717, 1.165) is 22.6 Å². The van der Waals surface area contributed by atoms with Crippen LogP contribution in [0.2, 0.25) is 0 Å². The van der Waals surface area contributed by atoms with Gasteiger partial charge in [0, 0.05) is 18.7 Å². The van der Waals surface area contributed by atoms with E-state index in [2.05, 4.69) is 0 Å². The molecule has 2 aromatic rings. The van der Waals surface area contributed by atoms with Crippen LogP contribution in [0, 0.1) is 24.7 Å². The molecular formula is C29H22Cl6N2O5. The normalized spacial score (nSPS) is 31.4. The number of benzene rings is 2. The van der Waals surface area contributed by atoms with Crippen LogP contribution >= 0.6 is 69.6 Å². The minimum atomic E-state index is -2.02. The number of imide groups is 1. The number of para-hydroxylation sites is 1. The molecule has 0 N–H and O–H groups in total. The molecule has 13 heteroatoms. The summed E-state index contributed by atoms with van der Waals surface area (Å²) in [7, 11) is 0. The van der Waals surface area contributed by atoms with Gasteiger partial charge in [-0.2, -0.15) is 0 Å². The van der Waals surface area contributed by atoms with Crippen molar-refractivity contribution < 1.29 is 23.9 Å². The number of hydrogen-bond acceptors (Lipinski definition) is 5. The van der Waals surface area contributed by atoms with E-state index >= 15 is 0 Å². The average Bonchev–Trinajstić information content (AvgIpc) is 3.54. The summed E-state index contributed by atoms with van der Waals surface area (Å²) in [5.74, 6) is -5.06. The highest BCUT2D eigenvalue weighted by molar-refractivity contribution is 6.67. The first-order valence-electron chi connectivity index (χ1n) is 13.1. The molecule has 5 atom stereocenters. The molecule has 0 aromatic heterocycles. The lowest BCUT2D eigenvalue weighted by molar-refractivity contribution is -0.139. The number of ether oxygens (including phenoxy) is 1. The second-order valence-corrected chi connectivity index (χ2v) is 14.1. The maximum Gasteiger partial charge on any atom is 0.316 e. The van der Waals surface area contributed by atoms with Gasteiger partial charge in [0.2, 0.25) is 17.7 Å². The summed E-state index contributed by atoms with van der Waals surface area (Å²) in [5, 5.41) is -0.340. The fourth-order valence-electron chi connectivity index (χ4n) is 6.55. The Balaban J connectivity index is 1.22. The highest BCUT2D eigenvalue weighted by Crippen LogP contribution is 2.77. The first-order valence-corrected chi connectivity index (χ1v) is 15.4. The third kappa shape index (κ3) is 3.74. The molecule has 2 aliphatic heterocycles. The Morgan fingerprint density at radius 3 is 2.10 bits per heavy atom. The topological polar surface area (TPSA) is 84.0 Å². The number of anilines is 2. The van der Waals surface area contributed by atoms with Crippen molar-refractivity contribution in [3.8, 4) is 5.75 Å². The number of fused-ring (bicyclic) bond motifs is 5. The molecule has 2 saturated heterocycles. The first-order chi connectivity index (χ1) is 19.7. The molecule has 4 aliphatic rings. The Morgan fingerprint density at radius 2 is 1.52 bits per heavy atom. The molecule has 0 unspecified atom stereocenters. The van der Waals surface area contributed by atoms with Gasteiger partial charge >= 0.3 is 5.97 Å². The quantitative estimate of drug-likeness (QED) is 0.156. The summed E-state index contributed by atoms with van der Waals surface area (Å²) in [6.07, 6.45) is 0.771. The van der Waals surface area contributed by atoms with Gasteiger partial charge in [0.1, 0.15) is 15.5 Å². The number of alkyl halides is 4. The Hall–Kier alpha value is -2.00. The van der Waals surface area contributed by atoms with Crippen LogP contribution in [0.4, 0.5) is 11.4 Å². The molecule has 2 aliphatic carbocycles. The number of nitrogens with zero attached hydrogens (tertiary/aromatic N) is 2. The SMILES string of the molecule is CCc1ccccc1N1C[C@H](C(=O)Oc2ccc(N3C(=O)[C@H]4[C@H](C3=O)[C@@]3(Cl)C(Cl)=C(Cl)[C@@]4(Cl)C3(Cl)Cl)c(C)c2)CC1=O. The van der Waals surface area contributed by atoms with E-state index in [0.29, 0.717) is 5.56 Å². The van der Waals surface area contributed by atoms with Crippen molar-refractivity contribution >= 4 is 105 Å². The molecule has 220 valence electrons. The summed E-state index contributed by atoms with van der Waals surface area (Å²) in [6.45, 7) is 3.85. The zero-order valence-corrected chi connectivity index (χ0v) is 26.6. The number of esters is 1. The highest BCUT2D eigenvalue weighted by atomic mass is 35.5. The van der Waals surface area contributed by atoms with Gasteiger partial charge < -0.3 is 9.64 Å². The van der Waals surface area contributed by atoms with E-state index in [9.17, 15) is 19.2 Å². The predicted molar refractivity (Wildman–Crippen MR) is 163 cm³/mol. The lowest BCUT2D eigenvalue weighted by atomic mass is 9.84. The number of amides is 3. The molecule has 0 radical (unpaired) electrons. The third-order valence-corrected chi connectivity index (χ3v) is 12.9. The van der Waals surface area contributed by atoms with E-state index in [4.69, 9.17) is 74.3 Å². The van der Waals surface area contributed by atoms with Gasteiger partial charge in [-0.25, -0.2) is 4.90 Å². The second-order valence-electron chi connectivity index (χ2n) is 10.9. The predicted octanol–water partition coefficient (Wildman–Crippen LogP) is 6.47. The number of carbonyl (C=O) groups is 4. The average molecular weight is 691 g/mol. The maximum absolute atomic E-state index is 13.7. The molecule has 6 rings (SSSR count). The number of rotatable bonds is 5. The fourth-order valence-corrected chi connectivity index (χ4v) is 9.47. The minimum absolute atomic E-state index is 0.0235. The maximum atomic E-state index is 13.7. The Morgan fingerprint density at radius 1 is 0.929 bits per heavy atom. The molecule has 1 saturated carbocycles. The standard InChI is InChI=1S/C29H22Cl6N2O5/c1-3-14-6-4-5-7-18(14)36-12-15(11-19(36)38)26(41)42-16-8-9-17(13(2)10-16)37-24(39)20-21(25(37)40)28(33)23(31)22(30)27(20,32)29(28,34)35/h4-10,15,20-21H,3,11-12H2,1-2H3/t15-,20-,21-,27-,28-/m1/s1. The summed E-state index contributed by atoms with van der Waals surface area (Å²) in [5.41, 5.74) is 2.49. The van der Waals surface area contributed by atoms with Gasteiger partial charge in [0.15, 0.2) is 4.33 Å². The Kier molecular flexibility index (Phi) is 7.16. The van der Waals surface area contributed by atoms with E-state index in [-0.39, 0.29) is 40.4 Å². The van der Waals surface area contributed by atoms with E-state index in [1.807, 2.05) is 31.2 Å². The van der Waals surface area contributed by atoms with Crippen molar-refractivity contribution in [1.29, 1.82) is 0 Å². The monoisotopic (exact) mass is 688 g/mol. The number of halogens is 6. The first kappa shape index (κ1) is 30.0. The van der Waals surface area contributed by atoms with Crippen molar-refractivity contribution in [2.45, 2.75) is 40.8 Å². The lowest BCUT2D eigenvalue weighted by Gasteiger charge is -2.34.